The number of benzene rings is 2. The van der Waals surface area contributed by atoms with Crippen LogP contribution < -0.4 is 5.32 Å². The Kier molecular flexibility index (Phi) is 3.22. The van der Waals surface area contributed by atoms with E-state index < -0.39 is 5.82 Å². The zero-order valence-electron chi connectivity index (χ0n) is 11.7. The molecule has 1 N–H and O–H groups in total. The Morgan fingerprint density at radius 1 is 1.14 bits per heavy atom. The molecule has 21 heavy (non-hydrogen) atoms. The molecule has 0 unspecified atom stereocenters. The molecule has 0 spiro atoms. The van der Waals surface area contributed by atoms with E-state index in [2.05, 4.69) is 5.32 Å². The predicted molar refractivity (Wildman–Crippen MR) is 80.0 cm³/mol. The molecule has 0 saturated heterocycles. The van der Waals surface area contributed by atoms with Gasteiger partial charge in [0.15, 0.2) is 17.2 Å². The maximum atomic E-state index is 13.7. The second-order valence-electron chi connectivity index (χ2n) is 5.00. The van der Waals surface area contributed by atoms with Gasteiger partial charge >= 0.3 is 0 Å². The maximum Gasteiger partial charge on any atom is 0.291 e. The lowest BCUT2D eigenvalue weighted by Crippen LogP contribution is -2.12. The van der Waals surface area contributed by atoms with Crippen LogP contribution in [0.15, 0.2) is 46.9 Å². The first-order valence-corrected chi connectivity index (χ1v) is 6.62. The van der Waals surface area contributed by atoms with Crippen molar-refractivity contribution in [2.75, 3.05) is 5.32 Å². The van der Waals surface area contributed by atoms with Crippen LogP contribution in [0.5, 0.6) is 0 Å². The highest BCUT2D eigenvalue weighted by Gasteiger charge is 2.19. The van der Waals surface area contributed by atoms with Crippen molar-refractivity contribution in [1.82, 2.24) is 0 Å². The summed E-state index contributed by atoms with van der Waals surface area (Å²) in [6.07, 6.45) is 0. The fourth-order valence-corrected chi connectivity index (χ4v) is 2.34. The van der Waals surface area contributed by atoms with E-state index in [0.717, 1.165) is 5.56 Å². The van der Waals surface area contributed by atoms with Crippen LogP contribution in [0.2, 0.25) is 0 Å². The normalized spacial score (nSPS) is 10.8. The lowest BCUT2D eigenvalue weighted by molar-refractivity contribution is 0.0997. The number of rotatable bonds is 2. The molecule has 0 fully saturated rings. The molecule has 1 amide bonds. The Balaban J connectivity index is 1.98. The van der Waals surface area contributed by atoms with E-state index in [-0.39, 0.29) is 17.3 Å². The van der Waals surface area contributed by atoms with Crippen molar-refractivity contribution in [3.05, 3.63) is 65.2 Å². The number of fused-ring (bicyclic) bond motifs is 1. The van der Waals surface area contributed by atoms with Gasteiger partial charge in [0.1, 0.15) is 0 Å². The summed E-state index contributed by atoms with van der Waals surface area (Å²) in [6.45, 7) is 3.69. The summed E-state index contributed by atoms with van der Waals surface area (Å²) in [7, 11) is 0. The molecule has 0 atom stereocenters. The molecule has 0 aliphatic rings. The van der Waals surface area contributed by atoms with Crippen molar-refractivity contribution < 1.29 is 13.6 Å². The van der Waals surface area contributed by atoms with Gasteiger partial charge in [-0.15, -0.1) is 0 Å². The number of furan rings is 1. The van der Waals surface area contributed by atoms with Gasteiger partial charge in [-0.05, 0) is 37.6 Å². The third kappa shape index (κ3) is 2.40. The van der Waals surface area contributed by atoms with Crippen LogP contribution >= 0.6 is 0 Å². The van der Waals surface area contributed by atoms with Crippen molar-refractivity contribution in [3.8, 4) is 0 Å². The molecule has 4 heteroatoms. The number of anilines is 1. The Hall–Kier alpha value is -2.62. The average Bonchev–Trinajstić information content (AvgIpc) is 2.78. The largest absolute Gasteiger partial charge is 0.448 e. The van der Waals surface area contributed by atoms with E-state index in [4.69, 9.17) is 4.42 Å². The molecular weight excluding hydrogens is 269 g/mol. The van der Waals surface area contributed by atoms with Crippen molar-refractivity contribution in [2.24, 2.45) is 0 Å². The minimum absolute atomic E-state index is 0.115. The van der Waals surface area contributed by atoms with Gasteiger partial charge in [0.05, 0.1) is 0 Å². The van der Waals surface area contributed by atoms with E-state index in [9.17, 15) is 9.18 Å². The van der Waals surface area contributed by atoms with E-state index in [0.29, 0.717) is 16.6 Å². The number of para-hydroxylation sites is 1. The lowest BCUT2D eigenvalue weighted by atomic mass is 10.1. The number of carbonyl (C=O) groups excluding carboxylic acids is 1. The van der Waals surface area contributed by atoms with E-state index in [1.54, 1.807) is 25.1 Å². The van der Waals surface area contributed by atoms with Crippen LogP contribution in [0.25, 0.3) is 11.0 Å². The summed E-state index contributed by atoms with van der Waals surface area (Å²) in [5.74, 6) is -0.712. The van der Waals surface area contributed by atoms with Crippen LogP contribution in [-0.2, 0) is 0 Å². The van der Waals surface area contributed by atoms with Gasteiger partial charge in [-0.2, -0.15) is 0 Å². The first kappa shape index (κ1) is 13.4. The van der Waals surface area contributed by atoms with Gasteiger partial charge in [0.25, 0.3) is 5.91 Å². The van der Waals surface area contributed by atoms with Gasteiger partial charge in [0, 0.05) is 16.6 Å². The SMILES string of the molecule is Cc1cccc(NC(=O)c2oc3c(F)cccc3c2C)c1. The van der Waals surface area contributed by atoms with Crippen molar-refractivity contribution in [3.63, 3.8) is 0 Å². The molecule has 1 aromatic heterocycles. The lowest BCUT2D eigenvalue weighted by Gasteiger charge is -2.04. The molecule has 0 aliphatic heterocycles. The van der Waals surface area contributed by atoms with Crippen molar-refractivity contribution in [2.45, 2.75) is 13.8 Å². The number of nitrogens with one attached hydrogen (secondary N) is 1. The van der Waals surface area contributed by atoms with Gasteiger partial charge in [0.2, 0.25) is 0 Å². The first-order valence-electron chi connectivity index (χ1n) is 6.62. The molecule has 3 nitrogen and oxygen atoms in total. The second-order valence-corrected chi connectivity index (χ2v) is 5.00. The highest BCUT2D eigenvalue weighted by atomic mass is 19.1. The molecule has 3 aromatic rings. The maximum absolute atomic E-state index is 13.7. The van der Waals surface area contributed by atoms with Gasteiger partial charge in [-0.1, -0.05) is 24.3 Å². The number of aryl methyl sites for hydroxylation is 2. The molecule has 106 valence electrons. The molecule has 1 heterocycles. The number of amides is 1. The zero-order chi connectivity index (χ0) is 15.0. The van der Waals surface area contributed by atoms with Crippen molar-refractivity contribution in [1.29, 1.82) is 0 Å². The van der Waals surface area contributed by atoms with E-state index >= 15 is 0 Å². The summed E-state index contributed by atoms with van der Waals surface area (Å²) in [5, 5.41) is 3.38. The smallest absolute Gasteiger partial charge is 0.291 e. The molecule has 0 aliphatic carbocycles. The first-order chi connectivity index (χ1) is 10.1. The fourth-order valence-electron chi connectivity index (χ4n) is 2.34. The van der Waals surface area contributed by atoms with E-state index in [1.807, 2.05) is 25.1 Å². The third-order valence-corrected chi connectivity index (χ3v) is 3.40. The Morgan fingerprint density at radius 2 is 1.90 bits per heavy atom. The summed E-state index contributed by atoms with van der Waals surface area (Å²) in [4.78, 5) is 12.3. The number of carbonyl (C=O) groups is 1. The Labute approximate surface area is 121 Å². The monoisotopic (exact) mass is 283 g/mol. The third-order valence-electron chi connectivity index (χ3n) is 3.40. The Bertz CT molecular complexity index is 836. The summed E-state index contributed by atoms with van der Waals surface area (Å²) in [5.41, 5.74) is 2.47. The molecular formula is C17H14FNO2. The quantitative estimate of drug-likeness (QED) is 0.755. The van der Waals surface area contributed by atoms with Crippen LogP contribution in [0, 0.1) is 19.7 Å². The number of hydrogen-bond acceptors (Lipinski definition) is 2. The van der Waals surface area contributed by atoms with Crippen LogP contribution in [-0.4, -0.2) is 5.91 Å². The standard InChI is InChI=1S/C17H14FNO2/c1-10-5-3-6-12(9-10)19-17(20)15-11(2)13-7-4-8-14(18)16(13)21-15/h3-9H,1-2H3,(H,19,20). The topological polar surface area (TPSA) is 42.2 Å². The van der Waals surface area contributed by atoms with Gasteiger partial charge < -0.3 is 9.73 Å². The molecule has 3 rings (SSSR count). The highest BCUT2D eigenvalue weighted by molar-refractivity contribution is 6.06. The fraction of sp³-hybridized carbons (Fsp3) is 0.118. The number of hydrogen-bond donors (Lipinski definition) is 1. The second kappa shape index (κ2) is 5.05. The van der Waals surface area contributed by atoms with Crippen molar-refractivity contribution >= 4 is 22.6 Å². The zero-order valence-corrected chi connectivity index (χ0v) is 11.7. The molecule has 2 aromatic carbocycles. The van der Waals surface area contributed by atoms with Gasteiger partial charge in [-0.3, -0.25) is 4.79 Å². The number of halogens is 1. The minimum atomic E-state index is -0.467. The summed E-state index contributed by atoms with van der Waals surface area (Å²) < 4.78 is 19.1. The molecule has 0 radical (unpaired) electrons. The highest BCUT2D eigenvalue weighted by Crippen LogP contribution is 2.27. The minimum Gasteiger partial charge on any atom is -0.448 e. The summed E-state index contributed by atoms with van der Waals surface area (Å²) in [6, 6.07) is 12.1. The van der Waals surface area contributed by atoms with Gasteiger partial charge in [-0.25, -0.2) is 4.39 Å². The molecule has 0 saturated carbocycles. The average molecular weight is 283 g/mol. The van der Waals surface area contributed by atoms with Crippen LogP contribution in [0.3, 0.4) is 0 Å². The van der Waals surface area contributed by atoms with Crippen LogP contribution in [0.4, 0.5) is 10.1 Å². The van der Waals surface area contributed by atoms with Crippen LogP contribution in [0.1, 0.15) is 21.7 Å². The van der Waals surface area contributed by atoms with E-state index in [1.165, 1.54) is 6.07 Å². The molecule has 0 bridgehead atoms. The summed E-state index contributed by atoms with van der Waals surface area (Å²) >= 11 is 0. The predicted octanol–water partition coefficient (Wildman–Crippen LogP) is 4.44. The Morgan fingerprint density at radius 3 is 2.62 bits per heavy atom.